The van der Waals surface area contributed by atoms with Crippen molar-refractivity contribution in [3.05, 3.63) is 0 Å². The molecular formula is C12H22N2S. The molecule has 0 saturated heterocycles. The first-order chi connectivity index (χ1) is 7.24. The molecule has 2 saturated carbocycles. The minimum Gasteiger partial charge on any atom is -0.360 e. The van der Waals surface area contributed by atoms with Crippen LogP contribution in [-0.2, 0) is 0 Å². The quantitative estimate of drug-likeness (QED) is 0.721. The van der Waals surface area contributed by atoms with Crippen LogP contribution in [0.5, 0.6) is 0 Å². The molecule has 0 aromatic heterocycles. The summed E-state index contributed by atoms with van der Waals surface area (Å²) in [6, 6.07) is 1.18. The molecule has 2 N–H and O–H groups in total. The van der Waals surface area contributed by atoms with E-state index >= 15 is 0 Å². The van der Waals surface area contributed by atoms with E-state index in [-0.39, 0.29) is 0 Å². The van der Waals surface area contributed by atoms with Crippen LogP contribution in [-0.4, -0.2) is 17.2 Å². The second kappa shape index (κ2) is 5.15. The topological polar surface area (TPSA) is 24.1 Å². The summed E-state index contributed by atoms with van der Waals surface area (Å²) in [7, 11) is 0. The number of rotatable bonds is 4. The van der Waals surface area contributed by atoms with Crippen molar-refractivity contribution in [2.75, 3.05) is 0 Å². The minimum atomic E-state index is 0.541. The van der Waals surface area contributed by atoms with Crippen LogP contribution in [0.2, 0.25) is 0 Å². The Hall–Kier alpha value is -0.310. The summed E-state index contributed by atoms with van der Waals surface area (Å²) >= 11 is 5.32. The summed E-state index contributed by atoms with van der Waals surface area (Å²) in [6.45, 7) is 2.24. The van der Waals surface area contributed by atoms with Gasteiger partial charge in [0.1, 0.15) is 0 Å². The zero-order chi connectivity index (χ0) is 10.7. The highest BCUT2D eigenvalue weighted by molar-refractivity contribution is 7.80. The minimum absolute atomic E-state index is 0.541. The molecule has 2 fully saturated rings. The average Bonchev–Trinajstić information content (AvgIpc) is 2.80. The number of hydrogen-bond acceptors (Lipinski definition) is 1. The lowest BCUT2D eigenvalue weighted by Crippen LogP contribution is -2.44. The molecule has 2 rings (SSSR count). The standard InChI is InChI=1S/C12H22N2S/c1-9(8-10-6-7-10)13-12(15)14-11-4-2-3-5-11/h9-11H,2-8H2,1H3,(H2,13,14,15). The van der Waals surface area contributed by atoms with E-state index in [9.17, 15) is 0 Å². The summed E-state index contributed by atoms with van der Waals surface area (Å²) in [4.78, 5) is 0. The highest BCUT2D eigenvalue weighted by Gasteiger charge is 2.24. The van der Waals surface area contributed by atoms with Crippen LogP contribution in [0.4, 0.5) is 0 Å². The predicted molar refractivity (Wildman–Crippen MR) is 67.9 cm³/mol. The van der Waals surface area contributed by atoms with Gasteiger partial charge in [0.05, 0.1) is 0 Å². The van der Waals surface area contributed by atoms with E-state index in [4.69, 9.17) is 12.2 Å². The van der Waals surface area contributed by atoms with Crippen molar-refractivity contribution in [1.29, 1.82) is 0 Å². The zero-order valence-electron chi connectivity index (χ0n) is 9.59. The van der Waals surface area contributed by atoms with Crippen LogP contribution in [0.15, 0.2) is 0 Å². The second-order valence-electron chi connectivity index (χ2n) is 5.18. The molecule has 0 aromatic carbocycles. The van der Waals surface area contributed by atoms with Gasteiger partial charge in [0.15, 0.2) is 5.11 Å². The van der Waals surface area contributed by atoms with E-state index < -0.39 is 0 Å². The van der Waals surface area contributed by atoms with Crippen LogP contribution >= 0.6 is 12.2 Å². The predicted octanol–water partition coefficient (Wildman–Crippen LogP) is 2.58. The van der Waals surface area contributed by atoms with Crippen molar-refractivity contribution in [3.63, 3.8) is 0 Å². The molecule has 0 radical (unpaired) electrons. The van der Waals surface area contributed by atoms with Gasteiger partial charge < -0.3 is 10.6 Å². The molecule has 15 heavy (non-hydrogen) atoms. The van der Waals surface area contributed by atoms with Crippen LogP contribution in [0.25, 0.3) is 0 Å². The largest absolute Gasteiger partial charge is 0.360 e. The molecule has 2 aliphatic carbocycles. The highest BCUT2D eigenvalue weighted by Crippen LogP contribution is 2.33. The molecule has 0 amide bonds. The maximum atomic E-state index is 5.32. The average molecular weight is 226 g/mol. The van der Waals surface area contributed by atoms with E-state index in [0.29, 0.717) is 12.1 Å². The second-order valence-corrected chi connectivity index (χ2v) is 5.59. The Bertz CT molecular complexity index is 220. The first kappa shape index (κ1) is 11.2. The Morgan fingerprint density at radius 3 is 2.53 bits per heavy atom. The monoisotopic (exact) mass is 226 g/mol. The third-order valence-corrected chi connectivity index (χ3v) is 3.69. The van der Waals surface area contributed by atoms with Crippen molar-refractivity contribution >= 4 is 17.3 Å². The van der Waals surface area contributed by atoms with Crippen molar-refractivity contribution in [3.8, 4) is 0 Å². The fraction of sp³-hybridized carbons (Fsp3) is 0.917. The van der Waals surface area contributed by atoms with E-state index in [1.54, 1.807) is 0 Å². The van der Waals surface area contributed by atoms with Gasteiger partial charge in [-0.2, -0.15) is 0 Å². The first-order valence-corrected chi connectivity index (χ1v) is 6.72. The molecule has 1 atom stereocenters. The maximum absolute atomic E-state index is 5.32. The van der Waals surface area contributed by atoms with Crippen LogP contribution in [0.3, 0.4) is 0 Å². The molecule has 0 aromatic rings. The zero-order valence-corrected chi connectivity index (χ0v) is 10.4. The molecule has 86 valence electrons. The fourth-order valence-electron chi connectivity index (χ4n) is 2.43. The van der Waals surface area contributed by atoms with Crippen LogP contribution < -0.4 is 10.6 Å². The molecule has 1 unspecified atom stereocenters. The molecule has 3 heteroatoms. The molecule has 2 nitrogen and oxygen atoms in total. The van der Waals surface area contributed by atoms with Gasteiger partial charge in [-0.3, -0.25) is 0 Å². The summed E-state index contributed by atoms with van der Waals surface area (Å²) in [6.07, 6.45) is 9.43. The Morgan fingerprint density at radius 2 is 1.93 bits per heavy atom. The fourth-order valence-corrected chi connectivity index (χ4v) is 2.80. The highest BCUT2D eigenvalue weighted by atomic mass is 32.1. The van der Waals surface area contributed by atoms with Crippen molar-refractivity contribution in [2.24, 2.45) is 5.92 Å². The van der Waals surface area contributed by atoms with Crippen molar-refractivity contribution in [1.82, 2.24) is 10.6 Å². The van der Waals surface area contributed by atoms with Gasteiger partial charge in [0.25, 0.3) is 0 Å². The normalized spacial score (nSPS) is 23.8. The van der Waals surface area contributed by atoms with Crippen molar-refractivity contribution < 1.29 is 0 Å². The molecule has 0 spiro atoms. The Balaban J connectivity index is 1.61. The number of nitrogens with one attached hydrogen (secondary N) is 2. The van der Waals surface area contributed by atoms with Gasteiger partial charge in [0.2, 0.25) is 0 Å². The number of thiocarbonyl (C=S) groups is 1. The first-order valence-electron chi connectivity index (χ1n) is 6.31. The van der Waals surface area contributed by atoms with Gasteiger partial charge in [-0.15, -0.1) is 0 Å². The van der Waals surface area contributed by atoms with Crippen LogP contribution in [0, 0.1) is 5.92 Å². The van der Waals surface area contributed by atoms with E-state index in [0.717, 1.165) is 11.0 Å². The SMILES string of the molecule is CC(CC1CC1)NC(=S)NC1CCCC1. The summed E-state index contributed by atoms with van der Waals surface area (Å²) in [5.41, 5.74) is 0. The van der Waals surface area contributed by atoms with E-state index in [1.807, 2.05) is 0 Å². The lowest BCUT2D eigenvalue weighted by atomic mass is 10.2. The molecular weight excluding hydrogens is 204 g/mol. The summed E-state index contributed by atoms with van der Waals surface area (Å²) in [5, 5.41) is 7.69. The smallest absolute Gasteiger partial charge is 0.166 e. The summed E-state index contributed by atoms with van der Waals surface area (Å²) in [5.74, 6) is 0.974. The Morgan fingerprint density at radius 1 is 1.27 bits per heavy atom. The van der Waals surface area contributed by atoms with Gasteiger partial charge >= 0.3 is 0 Å². The lowest BCUT2D eigenvalue weighted by molar-refractivity contribution is 0.545. The molecule has 0 aliphatic heterocycles. The third kappa shape index (κ3) is 3.98. The van der Waals surface area contributed by atoms with Gasteiger partial charge in [-0.1, -0.05) is 25.7 Å². The maximum Gasteiger partial charge on any atom is 0.166 e. The van der Waals surface area contributed by atoms with Crippen molar-refractivity contribution in [2.45, 2.75) is 64.0 Å². The molecule has 0 heterocycles. The van der Waals surface area contributed by atoms with E-state index in [1.165, 1.54) is 44.9 Å². The third-order valence-electron chi connectivity index (χ3n) is 3.45. The Labute approximate surface area is 98.2 Å². The van der Waals surface area contributed by atoms with Gasteiger partial charge in [-0.05, 0) is 44.3 Å². The van der Waals surface area contributed by atoms with Gasteiger partial charge in [-0.25, -0.2) is 0 Å². The lowest BCUT2D eigenvalue weighted by Gasteiger charge is -2.19. The summed E-state index contributed by atoms with van der Waals surface area (Å²) < 4.78 is 0. The van der Waals surface area contributed by atoms with E-state index in [2.05, 4.69) is 17.6 Å². The Kier molecular flexibility index (Phi) is 3.84. The number of hydrogen-bond donors (Lipinski definition) is 2. The molecule has 0 bridgehead atoms. The van der Waals surface area contributed by atoms with Crippen LogP contribution in [0.1, 0.15) is 51.9 Å². The van der Waals surface area contributed by atoms with Gasteiger partial charge in [0, 0.05) is 12.1 Å². The molecule has 2 aliphatic rings.